The highest BCUT2D eigenvalue weighted by molar-refractivity contribution is 6.30. The molecule has 136 valence electrons. The number of hydrogen-bond acceptors (Lipinski definition) is 3. The third-order valence-corrected chi connectivity index (χ3v) is 4.34. The molecule has 2 rings (SSSR count). The zero-order chi connectivity index (χ0) is 18.1. The highest BCUT2D eigenvalue weighted by atomic mass is 35.5. The largest absolute Gasteiger partial charge is 0.356 e. The van der Waals surface area contributed by atoms with Crippen LogP contribution in [0.3, 0.4) is 0 Å². The van der Waals surface area contributed by atoms with Crippen molar-refractivity contribution in [2.75, 3.05) is 26.2 Å². The molecule has 6 nitrogen and oxygen atoms in total. The number of amides is 3. The first-order chi connectivity index (χ1) is 12.1. The van der Waals surface area contributed by atoms with Gasteiger partial charge in [-0.3, -0.25) is 14.4 Å². The van der Waals surface area contributed by atoms with Gasteiger partial charge >= 0.3 is 0 Å². The van der Waals surface area contributed by atoms with E-state index in [9.17, 15) is 14.4 Å². The van der Waals surface area contributed by atoms with E-state index in [1.165, 1.54) is 0 Å². The zero-order valence-electron chi connectivity index (χ0n) is 14.2. The van der Waals surface area contributed by atoms with Crippen LogP contribution in [-0.2, 0) is 9.59 Å². The molecule has 0 saturated carbocycles. The summed E-state index contributed by atoms with van der Waals surface area (Å²) in [5.74, 6) is -0.184. The summed E-state index contributed by atoms with van der Waals surface area (Å²) in [6, 6.07) is 6.63. The Morgan fingerprint density at radius 2 is 1.64 bits per heavy atom. The number of hydrogen-bond donors (Lipinski definition) is 2. The van der Waals surface area contributed by atoms with Crippen LogP contribution in [0.25, 0.3) is 0 Å². The van der Waals surface area contributed by atoms with Crippen LogP contribution in [0, 0.1) is 0 Å². The van der Waals surface area contributed by atoms with Crippen LogP contribution in [-0.4, -0.2) is 48.8 Å². The fourth-order valence-electron chi connectivity index (χ4n) is 2.68. The summed E-state index contributed by atoms with van der Waals surface area (Å²) in [4.78, 5) is 37.3. The Labute approximate surface area is 152 Å². The first-order valence-electron chi connectivity index (χ1n) is 8.64. The first-order valence-corrected chi connectivity index (χ1v) is 9.02. The van der Waals surface area contributed by atoms with E-state index in [0.717, 1.165) is 25.9 Å². The molecule has 1 aliphatic rings. The Balaban J connectivity index is 1.53. The molecule has 1 aromatic rings. The van der Waals surface area contributed by atoms with Crippen molar-refractivity contribution in [2.24, 2.45) is 0 Å². The van der Waals surface area contributed by atoms with E-state index in [0.29, 0.717) is 42.9 Å². The molecule has 0 radical (unpaired) electrons. The summed E-state index contributed by atoms with van der Waals surface area (Å²) in [6.45, 7) is 2.45. The molecule has 0 unspecified atom stereocenters. The quantitative estimate of drug-likeness (QED) is 0.691. The van der Waals surface area contributed by atoms with Crippen LogP contribution < -0.4 is 10.6 Å². The standard InChI is InChI=1S/C18H24ClN3O3/c19-15-7-5-14(6-8-15)18(25)21-10-3-4-16(23)20-11-9-17(24)22-12-1-2-13-22/h5-8H,1-4,9-13H2,(H,20,23)(H,21,25). The van der Waals surface area contributed by atoms with E-state index in [-0.39, 0.29) is 17.7 Å². The van der Waals surface area contributed by atoms with Gasteiger partial charge in [-0.1, -0.05) is 11.6 Å². The van der Waals surface area contributed by atoms with E-state index >= 15 is 0 Å². The molecule has 0 spiro atoms. The number of nitrogens with one attached hydrogen (secondary N) is 2. The number of benzene rings is 1. The van der Waals surface area contributed by atoms with Crippen LogP contribution in [0.1, 0.15) is 42.5 Å². The number of rotatable bonds is 8. The molecule has 3 amide bonds. The highest BCUT2D eigenvalue weighted by Gasteiger charge is 2.17. The fraction of sp³-hybridized carbons (Fsp3) is 0.500. The van der Waals surface area contributed by atoms with E-state index < -0.39 is 0 Å². The van der Waals surface area contributed by atoms with Crippen molar-refractivity contribution in [2.45, 2.75) is 32.1 Å². The minimum Gasteiger partial charge on any atom is -0.356 e. The molecule has 1 aliphatic heterocycles. The van der Waals surface area contributed by atoms with E-state index in [4.69, 9.17) is 11.6 Å². The topological polar surface area (TPSA) is 78.5 Å². The van der Waals surface area contributed by atoms with Gasteiger partial charge in [-0.05, 0) is 43.5 Å². The summed E-state index contributed by atoms with van der Waals surface area (Å²) in [6.07, 6.45) is 3.35. The highest BCUT2D eigenvalue weighted by Crippen LogP contribution is 2.09. The molecule has 0 aliphatic carbocycles. The van der Waals surface area contributed by atoms with Crippen molar-refractivity contribution >= 4 is 29.3 Å². The molecule has 25 heavy (non-hydrogen) atoms. The fourth-order valence-corrected chi connectivity index (χ4v) is 2.80. The van der Waals surface area contributed by atoms with Gasteiger partial charge in [0.15, 0.2) is 0 Å². The number of halogens is 1. The lowest BCUT2D eigenvalue weighted by atomic mass is 10.2. The SMILES string of the molecule is O=C(CCCNC(=O)c1ccc(Cl)cc1)NCCC(=O)N1CCCC1. The lowest BCUT2D eigenvalue weighted by Crippen LogP contribution is -2.33. The maximum absolute atomic E-state index is 11.9. The normalized spacial score (nSPS) is 13.6. The summed E-state index contributed by atoms with van der Waals surface area (Å²) >= 11 is 5.78. The summed E-state index contributed by atoms with van der Waals surface area (Å²) in [7, 11) is 0. The average Bonchev–Trinajstić information content (AvgIpc) is 3.14. The van der Waals surface area contributed by atoms with Gasteiger partial charge in [-0.15, -0.1) is 0 Å². The van der Waals surface area contributed by atoms with Gasteiger partial charge < -0.3 is 15.5 Å². The Morgan fingerprint density at radius 1 is 0.960 bits per heavy atom. The van der Waals surface area contributed by atoms with Crippen LogP contribution in [0.4, 0.5) is 0 Å². The number of carbonyl (C=O) groups excluding carboxylic acids is 3. The van der Waals surface area contributed by atoms with Crippen molar-refractivity contribution in [1.29, 1.82) is 0 Å². The Kier molecular flexibility index (Phi) is 7.73. The van der Waals surface area contributed by atoms with Crippen LogP contribution in [0.2, 0.25) is 5.02 Å². The zero-order valence-corrected chi connectivity index (χ0v) is 15.0. The van der Waals surface area contributed by atoms with Gasteiger partial charge in [-0.2, -0.15) is 0 Å². The molecule has 0 aromatic heterocycles. The first kappa shape index (κ1) is 19.2. The maximum atomic E-state index is 11.9. The van der Waals surface area contributed by atoms with Crippen LogP contribution in [0.5, 0.6) is 0 Å². The smallest absolute Gasteiger partial charge is 0.251 e. The lowest BCUT2D eigenvalue weighted by Gasteiger charge is -2.15. The molecule has 7 heteroatoms. The molecular weight excluding hydrogens is 342 g/mol. The monoisotopic (exact) mass is 365 g/mol. The Bertz CT molecular complexity index is 598. The van der Waals surface area contributed by atoms with Gasteiger partial charge in [0.2, 0.25) is 11.8 Å². The van der Waals surface area contributed by atoms with Gasteiger partial charge in [0.25, 0.3) is 5.91 Å². The Hall–Kier alpha value is -2.08. The molecule has 1 aromatic carbocycles. The third-order valence-electron chi connectivity index (χ3n) is 4.09. The van der Waals surface area contributed by atoms with Crippen molar-refractivity contribution in [1.82, 2.24) is 15.5 Å². The average molecular weight is 366 g/mol. The predicted molar refractivity (Wildman–Crippen MR) is 96.5 cm³/mol. The second kappa shape index (κ2) is 10.0. The molecular formula is C18H24ClN3O3. The number of likely N-dealkylation sites (tertiary alicyclic amines) is 1. The molecule has 0 atom stereocenters. The van der Waals surface area contributed by atoms with Gasteiger partial charge in [-0.25, -0.2) is 0 Å². The van der Waals surface area contributed by atoms with E-state index in [1.54, 1.807) is 24.3 Å². The van der Waals surface area contributed by atoms with Crippen molar-refractivity contribution in [3.05, 3.63) is 34.9 Å². The molecule has 1 fully saturated rings. The van der Waals surface area contributed by atoms with E-state index in [2.05, 4.69) is 10.6 Å². The second-order valence-electron chi connectivity index (χ2n) is 6.05. The Morgan fingerprint density at radius 3 is 2.32 bits per heavy atom. The maximum Gasteiger partial charge on any atom is 0.251 e. The van der Waals surface area contributed by atoms with Gasteiger partial charge in [0.1, 0.15) is 0 Å². The van der Waals surface area contributed by atoms with Gasteiger partial charge in [0, 0.05) is 49.6 Å². The minimum atomic E-state index is -0.187. The molecule has 2 N–H and O–H groups in total. The van der Waals surface area contributed by atoms with Crippen molar-refractivity contribution < 1.29 is 14.4 Å². The van der Waals surface area contributed by atoms with Crippen LogP contribution >= 0.6 is 11.6 Å². The molecule has 1 heterocycles. The van der Waals surface area contributed by atoms with Crippen molar-refractivity contribution in [3.8, 4) is 0 Å². The van der Waals surface area contributed by atoms with Gasteiger partial charge in [0.05, 0.1) is 0 Å². The van der Waals surface area contributed by atoms with Crippen molar-refractivity contribution in [3.63, 3.8) is 0 Å². The third kappa shape index (κ3) is 6.74. The second-order valence-corrected chi connectivity index (χ2v) is 6.49. The molecule has 1 saturated heterocycles. The lowest BCUT2D eigenvalue weighted by molar-refractivity contribution is -0.130. The molecule has 0 bridgehead atoms. The predicted octanol–water partition coefficient (Wildman–Crippen LogP) is 1.98. The summed E-state index contributed by atoms with van der Waals surface area (Å²) in [5, 5.41) is 6.09. The summed E-state index contributed by atoms with van der Waals surface area (Å²) < 4.78 is 0. The van der Waals surface area contributed by atoms with E-state index in [1.807, 2.05) is 4.90 Å². The number of nitrogens with zero attached hydrogens (tertiary/aromatic N) is 1. The summed E-state index contributed by atoms with van der Waals surface area (Å²) in [5.41, 5.74) is 0.536. The number of carbonyl (C=O) groups is 3. The van der Waals surface area contributed by atoms with Crippen LogP contribution in [0.15, 0.2) is 24.3 Å². The minimum absolute atomic E-state index is 0.102.